The summed E-state index contributed by atoms with van der Waals surface area (Å²) in [6, 6.07) is 14.9. The first-order valence-corrected chi connectivity index (χ1v) is 9.13. The summed E-state index contributed by atoms with van der Waals surface area (Å²) in [7, 11) is 0. The molecule has 2 atom stereocenters. The minimum atomic E-state index is -0.969. The molecule has 2 aromatic rings. The average molecular weight is 383 g/mol. The van der Waals surface area contributed by atoms with Crippen LogP contribution in [-0.2, 0) is 9.53 Å². The van der Waals surface area contributed by atoms with Crippen molar-refractivity contribution in [3.8, 4) is 0 Å². The lowest BCUT2D eigenvalue weighted by Gasteiger charge is -2.21. The van der Waals surface area contributed by atoms with Crippen molar-refractivity contribution in [1.29, 1.82) is 0 Å². The summed E-state index contributed by atoms with van der Waals surface area (Å²) in [4.78, 5) is 35.8. The molecule has 0 saturated heterocycles. The number of ether oxygens (including phenoxy) is 1. The van der Waals surface area contributed by atoms with E-state index in [0.29, 0.717) is 5.69 Å². The predicted octanol–water partition coefficient (Wildman–Crippen LogP) is 3.38. The molecule has 0 aliphatic heterocycles. The molecule has 148 valence electrons. The molecule has 0 unspecified atom stereocenters. The van der Waals surface area contributed by atoms with Crippen molar-refractivity contribution in [2.75, 3.05) is 5.32 Å². The highest BCUT2D eigenvalue weighted by atomic mass is 16.5. The second-order valence-electron chi connectivity index (χ2n) is 6.38. The topological polar surface area (TPSA) is 111 Å². The molecule has 2 rings (SSSR count). The molecule has 3 amide bonds. The van der Waals surface area contributed by atoms with Gasteiger partial charge in [-0.15, -0.1) is 0 Å². The molecule has 7 nitrogen and oxygen atoms in total. The molecule has 7 heteroatoms. The van der Waals surface area contributed by atoms with Crippen LogP contribution in [0.2, 0.25) is 0 Å². The zero-order valence-corrected chi connectivity index (χ0v) is 16.0. The SMILES string of the molecule is CCC[C@@H](NC(=O)[C@@H](C)OC(=O)c1cccc(NC(N)=O)c1)c1ccccc1. The van der Waals surface area contributed by atoms with E-state index in [1.807, 2.05) is 37.3 Å². The quantitative estimate of drug-likeness (QED) is 0.607. The zero-order valence-electron chi connectivity index (χ0n) is 16.0. The highest BCUT2D eigenvalue weighted by Crippen LogP contribution is 2.19. The van der Waals surface area contributed by atoms with Gasteiger partial charge in [-0.2, -0.15) is 0 Å². The lowest BCUT2D eigenvalue weighted by Crippen LogP contribution is -2.38. The Hall–Kier alpha value is -3.35. The van der Waals surface area contributed by atoms with Crippen molar-refractivity contribution in [3.05, 3.63) is 65.7 Å². The third-order valence-corrected chi connectivity index (χ3v) is 4.11. The minimum Gasteiger partial charge on any atom is -0.449 e. The van der Waals surface area contributed by atoms with Gasteiger partial charge in [0.15, 0.2) is 6.10 Å². The smallest absolute Gasteiger partial charge is 0.338 e. The van der Waals surface area contributed by atoms with Gasteiger partial charge in [0.05, 0.1) is 11.6 Å². The van der Waals surface area contributed by atoms with E-state index in [1.165, 1.54) is 19.1 Å². The summed E-state index contributed by atoms with van der Waals surface area (Å²) in [5.41, 5.74) is 6.65. The highest BCUT2D eigenvalue weighted by molar-refractivity contribution is 5.95. The number of nitrogens with two attached hydrogens (primary N) is 1. The maximum absolute atomic E-state index is 12.5. The third-order valence-electron chi connectivity index (χ3n) is 4.11. The number of amides is 3. The number of benzene rings is 2. The van der Waals surface area contributed by atoms with E-state index < -0.39 is 18.1 Å². The standard InChI is InChI=1S/C21H25N3O4/c1-3-8-18(15-9-5-4-6-10-15)24-19(25)14(2)28-20(26)16-11-7-12-17(13-16)23-21(22)27/h4-7,9-14,18H,3,8H2,1-2H3,(H,24,25)(H3,22,23,27)/t14-,18-/m1/s1. The lowest BCUT2D eigenvalue weighted by atomic mass is 10.0. The predicted molar refractivity (Wildman–Crippen MR) is 107 cm³/mol. The molecule has 28 heavy (non-hydrogen) atoms. The zero-order chi connectivity index (χ0) is 20.5. The van der Waals surface area contributed by atoms with Crippen molar-refractivity contribution in [3.63, 3.8) is 0 Å². The lowest BCUT2D eigenvalue weighted by molar-refractivity contribution is -0.129. The number of anilines is 1. The van der Waals surface area contributed by atoms with Crippen LogP contribution in [0.15, 0.2) is 54.6 Å². The van der Waals surface area contributed by atoms with Crippen LogP contribution < -0.4 is 16.4 Å². The number of hydrogen-bond donors (Lipinski definition) is 3. The summed E-state index contributed by atoms with van der Waals surface area (Å²) in [6.45, 7) is 3.56. The van der Waals surface area contributed by atoms with E-state index >= 15 is 0 Å². The first kappa shape index (κ1) is 21.0. The molecule has 0 saturated carbocycles. The molecule has 0 bridgehead atoms. The van der Waals surface area contributed by atoms with Gasteiger partial charge in [-0.25, -0.2) is 9.59 Å². The van der Waals surface area contributed by atoms with Crippen molar-refractivity contribution >= 4 is 23.6 Å². The molecule has 4 N–H and O–H groups in total. The van der Waals surface area contributed by atoms with Crippen LogP contribution in [0.25, 0.3) is 0 Å². The Bertz CT molecular complexity index is 823. The van der Waals surface area contributed by atoms with Crippen molar-refractivity contribution in [1.82, 2.24) is 5.32 Å². The van der Waals surface area contributed by atoms with E-state index in [0.717, 1.165) is 18.4 Å². The van der Waals surface area contributed by atoms with Gasteiger partial charge in [0.2, 0.25) is 0 Å². The number of carbonyl (C=O) groups excluding carboxylic acids is 3. The Morgan fingerprint density at radius 3 is 2.43 bits per heavy atom. The van der Waals surface area contributed by atoms with E-state index in [4.69, 9.17) is 10.5 Å². The Morgan fingerprint density at radius 1 is 1.07 bits per heavy atom. The number of primary amides is 1. The van der Waals surface area contributed by atoms with Gasteiger partial charge in [0.25, 0.3) is 5.91 Å². The average Bonchev–Trinajstić information content (AvgIpc) is 2.67. The Morgan fingerprint density at radius 2 is 1.79 bits per heavy atom. The molecule has 0 aromatic heterocycles. The molecular formula is C21H25N3O4. The Kier molecular flexibility index (Phi) is 7.56. The maximum atomic E-state index is 12.5. The van der Waals surface area contributed by atoms with Gasteiger partial charge >= 0.3 is 12.0 Å². The fourth-order valence-electron chi connectivity index (χ4n) is 2.73. The van der Waals surface area contributed by atoms with E-state index in [9.17, 15) is 14.4 Å². The third kappa shape index (κ3) is 6.12. The van der Waals surface area contributed by atoms with Crippen LogP contribution in [0.3, 0.4) is 0 Å². The van der Waals surface area contributed by atoms with Crippen LogP contribution in [-0.4, -0.2) is 24.0 Å². The van der Waals surface area contributed by atoms with Crippen molar-refractivity contribution < 1.29 is 19.1 Å². The fourth-order valence-corrected chi connectivity index (χ4v) is 2.73. The molecule has 0 spiro atoms. The van der Waals surface area contributed by atoms with Crippen molar-refractivity contribution in [2.45, 2.75) is 38.8 Å². The molecule has 0 fully saturated rings. The van der Waals surface area contributed by atoms with E-state index in [2.05, 4.69) is 10.6 Å². The Labute approximate surface area is 164 Å². The number of esters is 1. The number of urea groups is 1. The van der Waals surface area contributed by atoms with Gasteiger partial charge in [-0.3, -0.25) is 4.79 Å². The van der Waals surface area contributed by atoms with Gasteiger partial charge in [-0.05, 0) is 37.1 Å². The second-order valence-corrected chi connectivity index (χ2v) is 6.38. The monoisotopic (exact) mass is 383 g/mol. The van der Waals surface area contributed by atoms with Crippen molar-refractivity contribution in [2.24, 2.45) is 5.73 Å². The summed E-state index contributed by atoms with van der Waals surface area (Å²) in [5.74, 6) is -1.04. The first-order valence-electron chi connectivity index (χ1n) is 9.13. The molecule has 0 heterocycles. The van der Waals surface area contributed by atoms with E-state index in [-0.39, 0.29) is 17.5 Å². The fraction of sp³-hybridized carbons (Fsp3) is 0.286. The molecule has 0 aliphatic rings. The van der Waals surface area contributed by atoms with Crippen LogP contribution in [0, 0.1) is 0 Å². The summed E-state index contributed by atoms with van der Waals surface area (Å²) < 4.78 is 5.28. The molecule has 0 radical (unpaired) electrons. The number of rotatable bonds is 8. The highest BCUT2D eigenvalue weighted by Gasteiger charge is 2.22. The first-order chi connectivity index (χ1) is 13.4. The second kappa shape index (κ2) is 10.1. The van der Waals surface area contributed by atoms with Crippen LogP contribution in [0.4, 0.5) is 10.5 Å². The van der Waals surface area contributed by atoms with Crippen LogP contribution in [0.5, 0.6) is 0 Å². The largest absolute Gasteiger partial charge is 0.449 e. The van der Waals surface area contributed by atoms with Crippen LogP contribution >= 0.6 is 0 Å². The molecule has 2 aromatic carbocycles. The van der Waals surface area contributed by atoms with E-state index in [1.54, 1.807) is 12.1 Å². The Balaban J connectivity index is 2.00. The number of nitrogens with one attached hydrogen (secondary N) is 2. The van der Waals surface area contributed by atoms with Crippen LogP contribution in [0.1, 0.15) is 48.7 Å². The summed E-state index contributed by atoms with van der Waals surface area (Å²) >= 11 is 0. The molecule has 0 aliphatic carbocycles. The summed E-state index contributed by atoms with van der Waals surface area (Å²) in [5, 5.41) is 5.32. The normalized spacial score (nSPS) is 12.5. The summed E-state index contributed by atoms with van der Waals surface area (Å²) in [6.07, 6.45) is 0.702. The number of carbonyl (C=O) groups is 3. The van der Waals surface area contributed by atoms with Gasteiger partial charge in [-0.1, -0.05) is 49.7 Å². The van der Waals surface area contributed by atoms with Gasteiger partial charge in [0, 0.05) is 5.69 Å². The minimum absolute atomic E-state index is 0.150. The number of hydrogen-bond acceptors (Lipinski definition) is 4. The van der Waals surface area contributed by atoms with Gasteiger partial charge in [0.1, 0.15) is 0 Å². The van der Waals surface area contributed by atoms with Gasteiger partial charge < -0.3 is 21.1 Å². The molecular weight excluding hydrogens is 358 g/mol. The maximum Gasteiger partial charge on any atom is 0.338 e.